The molecular formula is C20H26N4O7S2. The first-order chi connectivity index (χ1) is 15.6. The van der Waals surface area contributed by atoms with Gasteiger partial charge in [-0.15, -0.1) is 0 Å². The highest BCUT2D eigenvalue weighted by atomic mass is 32.2. The Bertz CT molecular complexity index is 1170. The molecular weight excluding hydrogens is 472 g/mol. The molecule has 1 atom stereocenters. The predicted octanol–water partition coefficient (Wildman–Crippen LogP) is -0.306. The van der Waals surface area contributed by atoms with Crippen molar-refractivity contribution in [3.63, 3.8) is 0 Å². The maximum atomic E-state index is 13.0. The molecule has 4 rings (SSSR count). The smallest absolute Gasteiger partial charge is 0.270 e. The van der Waals surface area contributed by atoms with Crippen LogP contribution in [0.15, 0.2) is 34.3 Å². The summed E-state index contributed by atoms with van der Waals surface area (Å²) in [6.45, 7) is 0.659. The van der Waals surface area contributed by atoms with Crippen LogP contribution in [0.3, 0.4) is 0 Å². The minimum absolute atomic E-state index is 0.00484. The molecule has 0 aromatic heterocycles. The Labute approximate surface area is 192 Å². The minimum Gasteiger partial charge on any atom is -0.497 e. The molecule has 0 spiro atoms. The summed E-state index contributed by atoms with van der Waals surface area (Å²) in [7, 11) is -5.40. The van der Waals surface area contributed by atoms with Gasteiger partial charge in [0.1, 0.15) is 11.5 Å². The highest BCUT2D eigenvalue weighted by molar-refractivity contribution is 7.91. The van der Waals surface area contributed by atoms with Crippen LogP contribution in [0.4, 0.5) is 0 Å². The summed E-state index contributed by atoms with van der Waals surface area (Å²) < 4.78 is 55.8. The largest absolute Gasteiger partial charge is 0.497 e. The van der Waals surface area contributed by atoms with Gasteiger partial charge in [0, 0.05) is 39.0 Å². The molecule has 2 amide bonds. The second-order valence-electron chi connectivity index (χ2n) is 8.21. The number of piperazine rings is 1. The number of carbonyl (C=O) groups excluding carboxylic acids is 2. The molecule has 33 heavy (non-hydrogen) atoms. The van der Waals surface area contributed by atoms with Crippen molar-refractivity contribution in [1.29, 1.82) is 0 Å². The highest BCUT2D eigenvalue weighted by Crippen LogP contribution is 2.24. The molecule has 0 N–H and O–H groups in total. The van der Waals surface area contributed by atoms with Gasteiger partial charge in [0.15, 0.2) is 9.84 Å². The van der Waals surface area contributed by atoms with E-state index in [1.807, 2.05) is 0 Å². The summed E-state index contributed by atoms with van der Waals surface area (Å²) in [4.78, 5) is 27.0. The summed E-state index contributed by atoms with van der Waals surface area (Å²) in [5.41, 5.74) is 0.199. The predicted molar refractivity (Wildman–Crippen MR) is 119 cm³/mol. The van der Waals surface area contributed by atoms with Gasteiger partial charge in [-0.1, -0.05) is 0 Å². The van der Waals surface area contributed by atoms with Gasteiger partial charge in [-0.05, 0) is 30.7 Å². The highest BCUT2D eigenvalue weighted by Gasteiger charge is 2.38. The van der Waals surface area contributed by atoms with Gasteiger partial charge in [0.2, 0.25) is 15.9 Å². The third-order valence-corrected chi connectivity index (χ3v) is 9.75. The summed E-state index contributed by atoms with van der Waals surface area (Å²) in [5.74, 6) is -0.226. The second kappa shape index (κ2) is 9.03. The Balaban J connectivity index is 1.41. The van der Waals surface area contributed by atoms with Crippen molar-refractivity contribution in [3.8, 4) is 5.75 Å². The standard InChI is InChI=1S/C20H26N4O7S2/c1-31-16-2-4-17(5-3-16)33(29,30)23-11-9-22(10-12-23)20(26)18-6-7-19(25)24(21-18)15-8-13-32(27,28)14-15/h2-5,15H,6-14H2,1H3. The molecule has 2 saturated heterocycles. The zero-order valence-corrected chi connectivity index (χ0v) is 19.8. The molecule has 1 aromatic carbocycles. The van der Waals surface area contributed by atoms with Crippen LogP contribution in [-0.4, -0.2) is 99.4 Å². The molecule has 0 radical (unpaired) electrons. The quantitative estimate of drug-likeness (QED) is 0.544. The molecule has 13 heteroatoms. The van der Waals surface area contributed by atoms with Crippen LogP contribution >= 0.6 is 0 Å². The summed E-state index contributed by atoms with van der Waals surface area (Å²) in [6, 6.07) is 5.58. The van der Waals surface area contributed by atoms with Crippen molar-refractivity contribution in [2.45, 2.75) is 30.2 Å². The van der Waals surface area contributed by atoms with Gasteiger partial charge >= 0.3 is 0 Å². The number of hydrogen-bond donors (Lipinski definition) is 0. The van der Waals surface area contributed by atoms with Crippen LogP contribution < -0.4 is 4.74 Å². The van der Waals surface area contributed by atoms with Crippen molar-refractivity contribution < 1.29 is 31.2 Å². The molecule has 1 unspecified atom stereocenters. The molecule has 0 saturated carbocycles. The molecule has 180 valence electrons. The Morgan fingerprint density at radius 1 is 1.09 bits per heavy atom. The first kappa shape index (κ1) is 23.6. The number of methoxy groups -OCH3 is 1. The number of sulfone groups is 1. The number of hydrazone groups is 1. The zero-order chi connectivity index (χ0) is 23.8. The maximum absolute atomic E-state index is 13.0. The number of rotatable bonds is 5. The Morgan fingerprint density at radius 3 is 2.33 bits per heavy atom. The number of amides is 2. The number of sulfonamides is 1. The van der Waals surface area contributed by atoms with E-state index in [0.29, 0.717) is 12.2 Å². The first-order valence-corrected chi connectivity index (χ1v) is 13.9. The van der Waals surface area contributed by atoms with Gasteiger partial charge in [0.05, 0.1) is 29.6 Å². The van der Waals surface area contributed by atoms with E-state index in [-0.39, 0.29) is 72.9 Å². The molecule has 0 aliphatic carbocycles. The SMILES string of the molecule is COc1ccc(S(=O)(=O)N2CCN(C(=O)C3=NN(C4CCS(=O)(=O)C4)C(=O)CC3)CC2)cc1. The average molecular weight is 499 g/mol. The normalized spacial score (nSPS) is 24.0. The van der Waals surface area contributed by atoms with E-state index >= 15 is 0 Å². The summed E-state index contributed by atoms with van der Waals surface area (Å²) in [5, 5.41) is 5.38. The van der Waals surface area contributed by atoms with Gasteiger partial charge in [-0.3, -0.25) is 9.59 Å². The van der Waals surface area contributed by atoms with E-state index in [2.05, 4.69) is 5.10 Å². The van der Waals surface area contributed by atoms with Crippen LogP contribution in [0, 0.1) is 0 Å². The number of benzene rings is 1. The van der Waals surface area contributed by atoms with Crippen molar-refractivity contribution >= 4 is 37.4 Å². The van der Waals surface area contributed by atoms with Crippen molar-refractivity contribution in [2.75, 3.05) is 44.8 Å². The van der Waals surface area contributed by atoms with Gasteiger partial charge < -0.3 is 9.64 Å². The number of nitrogens with zero attached hydrogens (tertiary/aromatic N) is 4. The van der Waals surface area contributed by atoms with Crippen molar-refractivity contribution in [1.82, 2.24) is 14.2 Å². The minimum atomic E-state index is -3.70. The van der Waals surface area contributed by atoms with Gasteiger partial charge in [0.25, 0.3) is 5.91 Å². The Kier molecular flexibility index (Phi) is 6.47. The maximum Gasteiger partial charge on any atom is 0.270 e. The summed E-state index contributed by atoms with van der Waals surface area (Å²) in [6.07, 6.45) is 0.575. The second-order valence-corrected chi connectivity index (χ2v) is 12.4. The van der Waals surface area contributed by atoms with E-state index < -0.39 is 25.9 Å². The van der Waals surface area contributed by atoms with E-state index in [0.717, 1.165) is 5.01 Å². The third kappa shape index (κ3) is 4.89. The lowest BCUT2D eigenvalue weighted by Crippen LogP contribution is -2.53. The number of carbonyl (C=O) groups is 2. The average Bonchev–Trinajstić information content (AvgIpc) is 3.18. The lowest BCUT2D eigenvalue weighted by molar-refractivity contribution is -0.134. The summed E-state index contributed by atoms with van der Waals surface area (Å²) >= 11 is 0. The molecule has 0 bridgehead atoms. The molecule has 11 nitrogen and oxygen atoms in total. The van der Waals surface area contributed by atoms with Gasteiger partial charge in [-0.25, -0.2) is 21.8 Å². The van der Waals surface area contributed by atoms with E-state index in [9.17, 15) is 26.4 Å². The van der Waals surface area contributed by atoms with E-state index in [1.165, 1.54) is 28.4 Å². The topological polar surface area (TPSA) is 134 Å². The molecule has 1 aromatic rings. The van der Waals surface area contributed by atoms with Crippen LogP contribution in [-0.2, 0) is 29.4 Å². The fourth-order valence-corrected chi connectivity index (χ4v) is 7.30. The van der Waals surface area contributed by atoms with Crippen LogP contribution in [0.1, 0.15) is 19.3 Å². The van der Waals surface area contributed by atoms with Crippen LogP contribution in [0.2, 0.25) is 0 Å². The Morgan fingerprint density at radius 2 is 1.76 bits per heavy atom. The van der Waals surface area contributed by atoms with Crippen molar-refractivity contribution in [2.24, 2.45) is 5.10 Å². The zero-order valence-electron chi connectivity index (χ0n) is 18.2. The number of ether oxygens (including phenoxy) is 1. The third-order valence-electron chi connectivity index (χ3n) is 6.08. The lowest BCUT2D eigenvalue weighted by Gasteiger charge is -2.35. The fraction of sp³-hybridized carbons (Fsp3) is 0.550. The monoisotopic (exact) mass is 498 g/mol. The lowest BCUT2D eigenvalue weighted by atomic mass is 10.1. The van der Waals surface area contributed by atoms with E-state index in [1.54, 1.807) is 12.1 Å². The molecule has 3 heterocycles. The molecule has 3 aliphatic heterocycles. The van der Waals surface area contributed by atoms with E-state index in [4.69, 9.17) is 4.74 Å². The van der Waals surface area contributed by atoms with Crippen LogP contribution in [0.25, 0.3) is 0 Å². The number of hydrogen-bond acceptors (Lipinski definition) is 8. The molecule has 3 aliphatic rings. The molecule has 2 fully saturated rings. The van der Waals surface area contributed by atoms with Gasteiger partial charge in [-0.2, -0.15) is 9.41 Å². The van der Waals surface area contributed by atoms with Crippen LogP contribution in [0.5, 0.6) is 5.75 Å². The first-order valence-electron chi connectivity index (χ1n) is 10.6. The van der Waals surface area contributed by atoms with Crippen molar-refractivity contribution in [3.05, 3.63) is 24.3 Å². The Hall–Kier alpha value is -2.51. The fourth-order valence-electron chi connectivity index (χ4n) is 4.19.